The van der Waals surface area contributed by atoms with Gasteiger partial charge in [-0.25, -0.2) is 4.98 Å². The third-order valence-corrected chi connectivity index (χ3v) is 1.70. The molecule has 70 valence electrons. The van der Waals surface area contributed by atoms with Crippen LogP contribution in [0.15, 0.2) is 17.2 Å². The van der Waals surface area contributed by atoms with Crippen molar-refractivity contribution < 1.29 is 0 Å². The minimum Gasteiger partial charge on any atom is -0.240 e. The molecule has 0 atom stereocenters. The van der Waals surface area contributed by atoms with E-state index in [-0.39, 0.29) is 6.54 Å². The van der Waals surface area contributed by atoms with Crippen molar-refractivity contribution in [2.75, 3.05) is 6.54 Å². The summed E-state index contributed by atoms with van der Waals surface area (Å²) >= 11 is 5.67. The molecule has 0 aromatic carbocycles. The maximum atomic E-state index is 8.02. The maximum absolute atomic E-state index is 8.02. The first-order valence-corrected chi connectivity index (χ1v) is 4.24. The largest absolute Gasteiger partial charge is 0.240 e. The summed E-state index contributed by atoms with van der Waals surface area (Å²) in [5.41, 5.74) is 9.58. The lowest BCUT2D eigenvalue weighted by Crippen LogP contribution is -1.87. The lowest BCUT2D eigenvalue weighted by Gasteiger charge is -1.96. The summed E-state index contributed by atoms with van der Waals surface area (Å²) < 4.78 is 0. The van der Waals surface area contributed by atoms with Crippen molar-refractivity contribution in [2.24, 2.45) is 5.11 Å². The zero-order valence-electron chi connectivity index (χ0n) is 7.53. The Hall–Kier alpha value is -1.69. The van der Waals surface area contributed by atoms with Crippen molar-refractivity contribution in [1.29, 1.82) is 0 Å². The van der Waals surface area contributed by atoms with E-state index in [9.17, 15) is 0 Å². The molecule has 0 saturated heterocycles. The summed E-state index contributed by atoms with van der Waals surface area (Å²) in [4.78, 5) is 6.62. The minimum absolute atomic E-state index is 0.165. The summed E-state index contributed by atoms with van der Waals surface area (Å²) in [5, 5.41) is 3.74. The van der Waals surface area contributed by atoms with Crippen LogP contribution in [0.25, 0.3) is 10.4 Å². The summed E-state index contributed by atoms with van der Waals surface area (Å²) in [6, 6.07) is 3.46. The van der Waals surface area contributed by atoms with Gasteiger partial charge in [0.25, 0.3) is 0 Å². The Labute approximate surface area is 86.5 Å². The molecule has 5 heteroatoms. The van der Waals surface area contributed by atoms with Crippen LogP contribution >= 0.6 is 11.6 Å². The summed E-state index contributed by atoms with van der Waals surface area (Å²) in [5.74, 6) is 5.55. The number of azide groups is 1. The number of hydrogen-bond acceptors (Lipinski definition) is 2. The first-order chi connectivity index (χ1) is 6.74. The highest BCUT2D eigenvalue weighted by Crippen LogP contribution is 2.09. The van der Waals surface area contributed by atoms with Crippen LogP contribution in [-0.4, -0.2) is 11.5 Å². The normalized spacial score (nSPS) is 8.43. The van der Waals surface area contributed by atoms with Gasteiger partial charge in [0.1, 0.15) is 5.15 Å². The van der Waals surface area contributed by atoms with E-state index in [2.05, 4.69) is 26.9 Å². The zero-order valence-corrected chi connectivity index (χ0v) is 8.28. The molecular weight excluding hydrogens is 200 g/mol. The molecule has 0 radical (unpaired) electrons. The molecule has 0 unspecified atom stereocenters. The number of pyridine rings is 1. The molecule has 14 heavy (non-hydrogen) atoms. The summed E-state index contributed by atoms with van der Waals surface area (Å²) in [7, 11) is 0. The van der Waals surface area contributed by atoms with E-state index in [1.165, 1.54) is 0 Å². The Bertz CT molecular complexity index is 438. The number of rotatable bonds is 1. The van der Waals surface area contributed by atoms with Gasteiger partial charge >= 0.3 is 0 Å². The molecule has 0 bridgehead atoms. The van der Waals surface area contributed by atoms with Gasteiger partial charge in [-0.2, -0.15) is 0 Å². The fraction of sp³-hybridized carbons (Fsp3) is 0.222. The second kappa shape index (κ2) is 5.13. The average Bonchev–Trinajstić information content (AvgIpc) is 2.15. The Morgan fingerprint density at radius 1 is 1.64 bits per heavy atom. The van der Waals surface area contributed by atoms with Gasteiger partial charge in [0.2, 0.25) is 0 Å². The molecule has 1 heterocycles. The van der Waals surface area contributed by atoms with Gasteiger partial charge < -0.3 is 0 Å². The second-order valence-corrected chi connectivity index (χ2v) is 2.84. The average molecular weight is 207 g/mol. The molecule has 0 amide bonds. The van der Waals surface area contributed by atoms with Gasteiger partial charge in [0.15, 0.2) is 0 Å². The van der Waals surface area contributed by atoms with Crippen LogP contribution in [0.4, 0.5) is 0 Å². The molecule has 4 nitrogen and oxygen atoms in total. The lowest BCUT2D eigenvalue weighted by atomic mass is 10.2. The Morgan fingerprint density at radius 3 is 3.07 bits per heavy atom. The number of aryl methyl sites for hydroxylation is 1. The van der Waals surface area contributed by atoms with Crippen LogP contribution < -0.4 is 0 Å². The summed E-state index contributed by atoms with van der Waals surface area (Å²) in [6.07, 6.45) is 0. The molecule has 0 spiro atoms. The SMILES string of the molecule is Cc1nc(Cl)ccc1C#CCN=[N+]=[N-]. The number of halogens is 1. The van der Waals surface area contributed by atoms with E-state index in [0.29, 0.717) is 5.15 Å². The van der Waals surface area contributed by atoms with Crippen LogP contribution in [0.5, 0.6) is 0 Å². The standard InChI is InChI=1S/C9H7ClN4/c1-7-8(3-2-6-12-14-11)4-5-9(10)13-7/h4-5H,6H2,1H3. The topological polar surface area (TPSA) is 61.7 Å². The lowest BCUT2D eigenvalue weighted by molar-refractivity contribution is 1.18. The molecular formula is C9H7ClN4. The van der Waals surface area contributed by atoms with Crippen molar-refractivity contribution in [3.8, 4) is 11.8 Å². The molecule has 1 aromatic rings. The highest BCUT2D eigenvalue weighted by molar-refractivity contribution is 6.29. The van der Waals surface area contributed by atoms with Crippen molar-refractivity contribution in [3.05, 3.63) is 39.0 Å². The monoisotopic (exact) mass is 206 g/mol. The number of hydrogen-bond donors (Lipinski definition) is 0. The molecule has 0 fully saturated rings. The third-order valence-electron chi connectivity index (χ3n) is 1.49. The Kier molecular flexibility index (Phi) is 3.81. The predicted octanol–water partition coefficient (Wildman–Crippen LogP) is 2.71. The highest BCUT2D eigenvalue weighted by Gasteiger charge is 1.95. The first kappa shape index (κ1) is 10.4. The molecule has 0 aliphatic carbocycles. The Balaban J connectivity index is 2.84. The van der Waals surface area contributed by atoms with E-state index < -0.39 is 0 Å². The summed E-state index contributed by atoms with van der Waals surface area (Å²) in [6.45, 7) is 1.99. The van der Waals surface area contributed by atoms with E-state index in [1.807, 2.05) is 6.92 Å². The Morgan fingerprint density at radius 2 is 2.43 bits per heavy atom. The van der Waals surface area contributed by atoms with Crippen molar-refractivity contribution in [1.82, 2.24) is 4.98 Å². The third kappa shape index (κ3) is 2.98. The molecule has 0 saturated carbocycles. The van der Waals surface area contributed by atoms with E-state index in [1.54, 1.807) is 12.1 Å². The maximum Gasteiger partial charge on any atom is 0.129 e. The minimum atomic E-state index is 0.165. The quantitative estimate of drug-likeness (QED) is 0.229. The molecule has 1 rings (SSSR count). The van der Waals surface area contributed by atoms with E-state index >= 15 is 0 Å². The van der Waals surface area contributed by atoms with Crippen LogP contribution in [0.2, 0.25) is 5.15 Å². The first-order valence-electron chi connectivity index (χ1n) is 3.87. The number of aromatic nitrogens is 1. The van der Waals surface area contributed by atoms with Crippen LogP contribution in [-0.2, 0) is 0 Å². The molecule has 1 aromatic heterocycles. The molecule has 0 N–H and O–H groups in total. The van der Waals surface area contributed by atoms with Crippen LogP contribution in [0, 0.1) is 18.8 Å². The zero-order chi connectivity index (χ0) is 10.4. The van der Waals surface area contributed by atoms with E-state index in [0.717, 1.165) is 11.3 Å². The predicted molar refractivity (Wildman–Crippen MR) is 54.9 cm³/mol. The van der Waals surface area contributed by atoms with Gasteiger partial charge in [-0.05, 0) is 24.6 Å². The second-order valence-electron chi connectivity index (χ2n) is 2.46. The smallest absolute Gasteiger partial charge is 0.129 e. The van der Waals surface area contributed by atoms with Gasteiger partial charge in [-0.3, -0.25) is 0 Å². The van der Waals surface area contributed by atoms with Crippen molar-refractivity contribution >= 4 is 11.6 Å². The van der Waals surface area contributed by atoms with E-state index in [4.69, 9.17) is 17.1 Å². The van der Waals surface area contributed by atoms with Gasteiger partial charge in [-0.15, -0.1) is 0 Å². The van der Waals surface area contributed by atoms with Gasteiger partial charge in [0.05, 0.1) is 12.2 Å². The fourth-order valence-corrected chi connectivity index (χ4v) is 1.05. The fourth-order valence-electron chi connectivity index (χ4n) is 0.864. The highest BCUT2D eigenvalue weighted by atomic mass is 35.5. The number of nitrogens with zero attached hydrogens (tertiary/aromatic N) is 4. The molecule has 0 aliphatic heterocycles. The van der Waals surface area contributed by atoms with Crippen molar-refractivity contribution in [3.63, 3.8) is 0 Å². The molecule has 0 aliphatic rings. The van der Waals surface area contributed by atoms with Gasteiger partial charge in [0, 0.05) is 10.5 Å². The van der Waals surface area contributed by atoms with Crippen LogP contribution in [0.3, 0.4) is 0 Å². The van der Waals surface area contributed by atoms with Crippen LogP contribution in [0.1, 0.15) is 11.3 Å². The van der Waals surface area contributed by atoms with Gasteiger partial charge in [-0.1, -0.05) is 28.6 Å². The van der Waals surface area contributed by atoms with Crippen molar-refractivity contribution in [2.45, 2.75) is 6.92 Å².